The van der Waals surface area contributed by atoms with E-state index in [0.29, 0.717) is 6.61 Å². The molecular formula is C11H22N2O2. The molecule has 1 N–H and O–H groups in total. The molecule has 1 heterocycles. The van der Waals surface area contributed by atoms with E-state index in [1.807, 2.05) is 0 Å². The Morgan fingerprint density at radius 1 is 1.53 bits per heavy atom. The van der Waals surface area contributed by atoms with Crippen molar-refractivity contribution in [3.05, 3.63) is 0 Å². The monoisotopic (exact) mass is 214 g/mol. The molecule has 0 aromatic rings. The van der Waals surface area contributed by atoms with Crippen LogP contribution in [0.15, 0.2) is 0 Å². The highest BCUT2D eigenvalue weighted by atomic mass is 16.6. The van der Waals surface area contributed by atoms with Crippen molar-refractivity contribution in [1.82, 2.24) is 10.2 Å². The first-order chi connectivity index (χ1) is 7.05. The Labute approximate surface area is 92.0 Å². The molecule has 0 aromatic carbocycles. The van der Waals surface area contributed by atoms with Gasteiger partial charge in [-0.15, -0.1) is 0 Å². The van der Waals surface area contributed by atoms with E-state index < -0.39 is 0 Å². The molecule has 0 atom stereocenters. The number of amides is 1. The van der Waals surface area contributed by atoms with Crippen molar-refractivity contribution >= 4 is 6.09 Å². The number of hydrogen-bond donors (Lipinski definition) is 1. The zero-order valence-electron chi connectivity index (χ0n) is 10.0. The van der Waals surface area contributed by atoms with Crippen molar-refractivity contribution in [2.24, 2.45) is 0 Å². The predicted molar refractivity (Wildman–Crippen MR) is 59.9 cm³/mol. The summed E-state index contributed by atoms with van der Waals surface area (Å²) < 4.78 is 5.17. The number of rotatable bonds is 3. The van der Waals surface area contributed by atoms with Gasteiger partial charge in [-0.1, -0.05) is 13.3 Å². The molecule has 88 valence electrons. The fourth-order valence-electron chi connectivity index (χ4n) is 1.69. The smallest absolute Gasteiger partial charge is 0.409 e. The maximum Gasteiger partial charge on any atom is 0.409 e. The van der Waals surface area contributed by atoms with Crippen LogP contribution in [0.1, 0.15) is 33.6 Å². The van der Waals surface area contributed by atoms with Crippen LogP contribution < -0.4 is 5.32 Å². The Morgan fingerprint density at radius 2 is 2.27 bits per heavy atom. The Hall–Kier alpha value is -0.770. The SMILES string of the molecule is CCCCOC(=O)N1CCNC(C)(C)C1. The third kappa shape index (κ3) is 4.08. The van der Waals surface area contributed by atoms with Gasteiger partial charge in [0, 0.05) is 25.2 Å². The molecule has 1 aliphatic rings. The highest BCUT2D eigenvalue weighted by Crippen LogP contribution is 2.11. The van der Waals surface area contributed by atoms with E-state index in [0.717, 1.165) is 32.5 Å². The molecule has 0 aliphatic carbocycles. The number of ether oxygens (including phenoxy) is 1. The highest BCUT2D eigenvalue weighted by Gasteiger charge is 2.29. The van der Waals surface area contributed by atoms with Crippen LogP contribution in [-0.4, -0.2) is 42.8 Å². The number of hydrogen-bond acceptors (Lipinski definition) is 3. The van der Waals surface area contributed by atoms with Crippen LogP contribution in [0.25, 0.3) is 0 Å². The topological polar surface area (TPSA) is 41.6 Å². The predicted octanol–water partition coefficient (Wildman–Crippen LogP) is 1.61. The molecule has 0 aromatic heterocycles. The summed E-state index contributed by atoms with van der Waals surface area (Å²) >= 11 is 0. The molecule has 1 saturated heterocycles. The number of unbranched alkanes of at least 4 members (excludes halogenated alkanes) is 1. The minimum Gasteiger partial charge on any atom is -0.449 e. The van der Waals surface area contributed by atoms with E-state index in [4.69, 9.17) is 4.74 Å². The summed E-state index contributed by atoms with van der Waals surface area (Å²) in [7, 11) is 0. The van der Waals surface area contributed by atoms with E-state index >= 15 is 0 Å². The molecule has 0 spiro atoms. The molecule has 1 amide bonds. The van der Waals surface area contributed by atoms with Gasteiger partial charge in [0.2, 0.25) is 0 Å². The van der Waals surface area contributed by atoms with Gasteiger partial charge in [-0.2, -0.15) is 0 Å². The quantitative estimate of drug-likeness (QED) is 0.726. The molecule has 0 saturated carbocycles. The lowest BCUT2D eigenvalue weighted by Gasteiger charge is -2.38. The molecular weight excluding hydrogens is 192 g/mol. The fraction of sp³-hybridized carbons (Fsp3) is 0.909. The van der Waals surface area contributed by atoms with Crippen molar-refractivity contribution in [3.8, 4) is 0 Å². The zero-order chi connectivity index (χ0) is 11.3. The second-order valence-corrected chi connectivity index (χ2v) is 4.70. The molecule has 15 heavy (non-hydrogen) atoms. The van der Waals surface area contributed by atoms with Crippen LogP contribution in [0.3, 0.4) is 0 Å². The average molecular weight is 214 g/mol. The van der Waals surface area contributed by atoms with Gasteiger partial charge < -0.3 is 15.0 Å². The molecule has 0 radical (unpaired) electrons. The average Bonchev–Trinajstić information content (AvgIpc) is 2.16. The lowest BCUT2D eigenvalue weighted by molar-refractivity contribution is 0.0790. The molecule has 0 bridgehead atoms. The first-order valence-electron chi connectivity index (χ1n) is 5.72. The number of nitrogens with zero attached hydrogens (tertiary/aromatic N) is 1. The van der Waals surface area contributed by atoms with Gasteiger partial charge in [-0.3, -0.25) is 0 Å². The molecule has 1 fully saturated rings. The third-order valence-electron chi connectivity index (χ3n) is 2.55. The van der Waals surface area contributed by atoms with Crippen molar-refractivity contribution in [3.63, 3.8) is 0 Å². The van der Waals surface area contributed by atoms with Crippen LogP contribution >= 0.6 is 0 Å². The zero-order valence-corrected chi connectivity index (χ0v) is 10.0. The first kappa shape index (κ1) is 12.3. The number of carbonyl (C=O) groups is 1. The van der Waals surface area contributed by atoms with Crippen molar-refractivity contribution in [2.45, 2.75) is 39.2 Å². The minimum atomic E-state index is -0.168. The summed E-state index contributed by atoms with van der Waals surface area (Å²) in [5, 5.41) is 3.36. The van der Waals surface area contributed by atoms with Crippen molar-refractivity contribution in [1.29, 1.82) is 0 Å². The summed E-state index contributed by atoms with van der Waals surface area (Å²) in [6.07, 6.45) is 1.83. The van der Waals surface area contributed by atoms with Crippen molar-refractivity contribution in [2.75, 3.05) is 26.2 Å². The van der Waals surface area contributed by atoms with Gasteiger partial charge in [0.15, 0.2) is 0 Å². The first-order valence-corrected chi connectivity index (χ1v) is 5.72. The second-order valence-electron chi connectivity index (χ2n) is 4.70. The van der Waals surface area contributed by atoms with E-state index in [1.54, 1.807) is 4.90 Å². The Balaban J connectivity index is 2.32. The molecule has 1 rings (SSSR count). The van der Waals surface area contributed by atoms with Crippen molar-refractivity contribution < 1.29 is 9.53 Å². The van der Waals surface area contributed by atoms with Crippen LogP contribution in [0.5, 0.6) is 0 Å². The standard InChI is InChI=1S/C11H22N2O2/c1-4-5-8-15-10(14)13-7-6-12-11(2,3)9-13/h12H,4-9H2,1-3H3. The maximum atomic E-state index is 11.6. The molecule has 4 heteroatoms. The van der Waals surface area contributed by atoms with Crippen LogP contribution in [0, 0.1) is 0 Å². The summed E-state index contributed by atoms with van der Waals surface area (Å²) in [6.45, 7) is 9.13. The summed E-state index contributed by atoms with van der Waals surface area (Å²) in [5.41, 5.74) is 0.00201. The minimum absolute atomic E-state index is 0.00201. The fourth-order valence-corrected chi connectivity index (χ4v) is 1.69. The lowest BCUT2D eigenvalue weighted by atomic mass is 10.0. The molecule has 1 aliphatic heterocycles. The van der Waals surface area contributed by atoms with Gasteiger partial charge in [-0.25, -0.2) is 4.79 Å². The van der Waals surface area contributed by atoms with Gasteiger partial charge in [0.1, 0.15) is 0 Å². The third-order valence-corrected chi connectivity index (χ3v) is 2.55. The van der Waals surface area contributed by atoms with Crippen LogP contribution in [0.2, 0.25) is 0 Å². The van der Waals surface area contributed by atoms with Gasteiger partial charge in [0.25, 0.3) is 0 Å². The van der Waals surface area contributed by atoms with E-state index in [2.05, 4.69) is 26.1 Å². The normalized spacial score (nSPS) is 20.1. The maximum absolute atomic E-state index is 11.6. The summed E-state index contributed by atoms with van der Waals surface area (Å²) in [6, 6.07) is 0. The molecule has 0 unspecified atom stereocenters. The van der Waals surface area contributed by atoms with E-state index in [-0.39, 0.29) is 11.6 Å². The second kappa shape index (κ2) is 5.35. The van der Waals surface area contributed by atoms with Crippen LogP contribution in [0.4, 0.5) is 4.79 Å². The largest absolute Gasteiger partial charge is 0.449 e. The highest BCUT2D eigenvalue weighted by molar-refractivity contribution is 5.67. The lowest BCUT2D eigenvalue weighted by Crippen LogP contribution is -2.58. The van der Waals surface area contributed by atoms with E-state index in [9.17, 15) is 4.79 Å². The Morgan fingerprint density at radius 3 is 2.87 bits per heavy atom. The van der Waals surface area contributed by atoms with Gasteiger partial charge in [-0.05, 0) is 20.3 Å². The summed E-state index contributed by atoms with van der Waals surface area (Å²) in [4.78, 5) is 13.4. The Bertz CT molecular complexity index is 217. The molecule has 4 nitrogen and oxygen atoms in total. The Kier molecular flexibility index (Phi) is 4.39. The van der Waals surface area contributed by atoms with Crippen LogP contribution in [-0.2, 0) is 4.74 Å². The number of piperazine rings is 1. The summed E-state index contributed by atoms with van der Waals surface area (Å²) in [5.74, 6) is 0. The number of carbonyl (C=O) groups excluding carboxylic acids is 1. The van der Waals surface area contributed by atoms with Gasteiger partial charge >= 0.3 is 6.09 Å². The number of nitrogens with one attached hydrogen (secondary N) is 1. The van der Waals surface area contributed by atoms with E-state index in [1.165, 1.54) is 0 Å². The van der Waals surface area contributed by atoms with Gasteiger partial charge in [0.05, 0.1) is 6.61 Å².